The molecule has 4 nitrogen and oxygen atoms in total. The fraction of sp³-hybridized carbons (Fsp3) is 0.400. The van der Waals surface area contributed by atoms with E-state index >= 15 is 0 Å². The molecular formula is C15H17NO3. The second kappa shape index (κ2) is 4.10. The van der Waals surface area contributed by atoms with Crippen LogP contribution in [0.25, 0.3) is 0 Å². The molecule has 1 saturated heterocycles. The summed E-state index contributed by atoms with van der Waals surface area (Å²) in [5, 5.41) is 12.9. The molecule has 0 bridgehead atoms. The number of benzene rings is 1. The highest BCUT2D eigenvalue weighted by atomic mass is 16.6. The Labute approximate surface area is 112 Å². The summed E-state index contributed by atoms with van der Waals surface area (Å²) >= 11 is 0. The molecule has 2 unspecified atom stereocenters. The first-order valence-electron chi connectivity index (χ1n) is 6.43. The highest BCUT2D eigenvalue weighted by Crippen LogP contribution is 2.50. The topological polar surface area (TPSA) is 61.9 Å². The molecule has 1 aliphatic heterocycles. The van der Waals surface area contributed by atoms with Crippen LogP contribution in [0.3, 0.4) is 0 Å². The fourth-order valence-corrected chi connectivity index (χ4v) is 2.66. The van der Waals surface area contributed by atoms with Gasteiger partial charge in [-0.25, -0.2) is 0 Å². The fourth-order valence-electron chi connectivity index (χ4n) is 2.66. The number of para-hydroxylation sites is 1. The number of rotatable bonds is 2. The molecule has 1 aliphatic carbocycles. The van der Waals surface area contributed by atoms with Gasteiger partial charge < -0.3 is 15.2 Å². The summed E-state index contributed by atoms with van der Waals surface area (Å²) in [5.74, 6) is -0.150. The third-order valence-electron chi connectivity index (χ3n) is 3.78. The quantitative estimate of drug-likeness (QED) is 0.803. The Balaban J connectivity index is 1.82. The Morgan fingerprint density at radius 1 is 1.37 bits per heavy atom. The number of nitrogens with one attached hydrogen (secondary N) is 1. The van der Waals surface area contributed by atoms with Crippen LogP contribution < -0.4 is 5.32 Å². The Kier molecular flexibility index (Phi) is 2.64. The van der Waals surface area contributed by atoms with E-state index in [1.165, 1.54) is 0 Å². The van der Waals surface area contributed by atoms with E-state index in [1.807, 2.05) is 30.3 Å². The number of carbonyl (C=O) groups is 1. The van der Waals surface area contributed by atoms with E-state index in [1.54, 1.807) is 0 Å². The van der Waals surface area contributed by atoms with Gasteiger partial charge in [-0.2, -0.15) is 0 Å². The van der Waals surface area contributed by atoms with E-state index in [0.29, 0.717) is 12.0 Å². The maximum absolute atomic E-state index is 12.2. The van der Waals surface area contributed by atoms with Crippen LogP contribution in [-0.4, -0.2) is 23.2 Å². The SMILES string of the molecule is CC1(C)CC(C(=O)Nc2ccccc2)=C(O)C2OC21. The molecule has 2 aliphatic rings. The van der Waals surface area contributed by atoms with Crippen molar-refractivity contribution >= 4 is 11.6 Å². The predicted octanol–water partition coefficient (Wildman–Crippen LogP) is 2.63. The van der Waals surface area contributed by atoms with Crippen LogP contribution in [0.5, 0.6) is 0 Å². The summed E-state index contributed by atoms with van der Waals surface area (Å²) in [7, 11) is 0. The predicted molar refractivity (Wildman–Crippen MR) is 71.8 cm³/mol. The van der Waals surface area contributed by atoms with Crippen LogP contribution >= 0.6 is 0 Å². The number of amides is 1. The van der Waals surface area contributed by atoms with E-state index < -0.39 is 0 Å². The van der Waals surface area contributed by atoms with E-state index in [4.69, 9.17) is 4.74 Å². The van der Waals surface area contributed by atoms with Gasteiger partial charge in [0.25, 0.3) is 5.91 Å². The molecule has 1 heterocycles. The monoisotopic (exact) mass is 259 g/mol. The lowest BCUT2D eigenvalue weighted by Crippen LogP contribution is -2.31. The third kappa shape index (κ3) is 2.12. The molecule has 4 heteroatoms. The minimum atomic E-state index is -0.291. The Morgan fingerprint density at radius 3 is 2.74 bits per heavy atom. The number of fused-ring (bicyclic) bond motifs is 1. The van der Waals surface area contributed by atoms with Crippen molar-refractivity contribution < 1.29 is 14.6 Å². The number of hydrogen-bond acceptors (Lipinski definition) is 3. The van der Waals surface area contributed by atoms with Crippen LogP contribution in [-0.2, 0) is 9.53 Å². The molecule has 0 saturated carbocycles. The van der Waals surface area contributed by atoms with Crippen molar-refractivity contribution in [2.45, 2.75) is 32.5 Å². The molecule has 19 heavy (non-hydrogen) atoms. The summed E-state index contributed by atoms with van der Waals surface area (Å²) in [4.78, 5) is 12.2. The molecule has 3 rings (SSSR count). The van der Waals surface area contributed by atoms with Gasteiger partial charge in [-0.05, 0) is 24.0 Å². The molecule has 2 N–H and O–H groups in total. The lowest BCUT2D eigenvalue weighted by atomic mass is 9.76. The van der Waals surface area contributed by atoms with Gasteiger partial charge in [-0.3, -0.25) is 4.79 Å². The first-order valence-corrected chi connectivity index (χ1v) is 6.43. The van der Waals surface area contributed by atoms with Gasteiger partial charge in [-0.1, -0.05) is 32.0 Å². The highest BCUT2D eigenvalue weighted by molar-refractivity contribution is 6.04. The summed E-state index contributed by atoms with van der Waals surface area (Å²) in [6.07, 6.45) is 0.277. The van der Waals surface area contributed by atoms with Crippen molar-refractivity contribution in [2.75, 3.05) is 5.32 Å². The molecular weight excluding hydrogens is 242 g/mol. The normalized spacial score (nSPS) is 27.7. The van der Waals surface area contributed by atoms with Crippen molar-refractivity contribution in [3.8, 4) is 0 Å². The van der Waals surface area contributed by atoms with Crippen molar-refractivity contribution in [1.29, 1.82) is 0 Å². The van der Waals surface area contributed by atoms with Gasteiger partial charge in [-0.15, -0.1) is 0 Å². The van der Waals surface area contributed by atoms with Gasteiger partial charge >= 0.3 is 0 Å². The van der Waals surface area contributed by atoms with Crippen molar-refractivity contribution in [1.82, 2.24) is 0 Å². The number of aliphatic hydroxyl groups excluding tert-OH is 1. The Morgan fingerprint density at radius 2 is 2.05 bits per heavy atom. The number of hydrogen-bond donors (Lipinski definition) is 2. The summed E-state index contributed by atoms with van der Waals surface area (Å²) in [5.41, 5.74) is 1.05. The van der Waals surface area contributed by atoms with Gasteiger partial charge in [0.05, 0.1) is 11.7 Å². The second-order valence-electron chi connectivity index (χ2n) is 5.83. The highest BCUT2D eigenvalue weighted by Gasteiger charge is 2.57. The average Bonchev–Trinajstić information content (AvgIpc) is 3.16. The van der Waals surface area contributed by atoms with Gasteiger partial charge in [0.2, 0.25) is 0 Å². The lowest BCUT2D eigenvalue weighted by Gasteiger charge is -2.27. The number of ether oxygens (including phenoxy) is 1. The van der Waals surface area contributed by atoms with Crippen LogP contribution in [0.15, 0.2) is 41.7 Å². The zero-order chi connectivity index (χ0) is 13.6. The van der Waals surface area contributed by atoms with E-state index in [2.05, 4.69) is 19.2 Å². The average molecular weight is 259 g/mol. The maximum Gasteiger partial charge on any atom is 0.255 e. The molecule has 0 spiro atoms. The van der Waals surface area contributed by atoms with Gasteiger partial charge in [0.15, 0.2) is 0 Å². The van der Waals surface area contributed by atoms with E-state index in [-0.39, 0.29) is 29.3 Å². The third-order valence-corrected chi connectivity index (χ3v) is 3.78. The molecule has 2 atom stereocenters. The zero-order valence-electron chi connectivity index (χ0n) is 11.0. The standard InChI is InChI=1S/C15H17NO3/c1-15(2)8-10(11(17)12-13(15)19-12)14(18)16-9-6-4-3-5-7-9/h3-7,12-13,17H,8H2,1-2H3,(H,16,18). The van der Waals surface area contributed by atoms with Crippen molar-refractivity contribution in [3.63, 3.8) is 0 Å². The molecule has 1 amide bonds. The molecule has 0 aromatic heterocycles. The molecule has 100 valence electrons. The molecule has 1 aromatic carbocycles. The van der Waals surface area contributed by atoms with Crippen molar-refractivity contribution in [3.05, 3.63) is 41.7 Å². The first kappa shape index (κ1) is 12.2. The minimum Gasteiger partial charge on any atom is -0.509 e. The van der Waals surface area contributed by atoms with Crippen LogP contribution in [0.4, 0.5) is 5.69 Å². The molecule has 0 radical (unpaired) electrons. The Hall–Kier alpha value is -1.81. The maximum atomic E-state index is 12.2. The summed E-state index contributed by atoms with van der Waals surface area (Å²) in [6, 6.07) is 9.24. The van der Waals surface area contributed by atoms with Crippen molar-refractivity contribution in [2.24, 2.45) is 5.41 Å². The number of aliphatic hydroxyl groups is 1. The molecule has 1 aromatic rings. The van der Waals surface area contributed by atoms with E-state index in [0.717, 1.165) is 5.69 Å². The largest absolute Gasteiger partial charge is 0.509 e. The smallest absolute Gasteiger partial charge is 0.255 e. The zero-order valence-corrected chi connectivity index (χ0v) is 11.0. The lowest BCUT2D eigenvalue weighted by molar-refractivity contribution is -0.113. The number of anilines is 1. The summed E-state index contributed by atoms with van der Waals surface area (Å²) in [6.45, 7) is 4.11. The first-order chi connectivity index (χ1) is 8.99. The van der Waals surface area contributed by atoms with E-state index in [9.17, 15) is 9.90 Å². The van der Waals surface area contributed by atoms with Crippen LogP contribution in [0.1, 0.15) is 20.3 Å². The Bertz CT molecular complexity index is 548. The van der Waals surface area contributed by atoms with Gasteiger partial charge in [0, 0.05) is 5.69 Å². The molecule has 1 fully saturated rings. The van der Waals surface area contributed by atoms with Crippen LogP contribution in [0.2, 0.25) is 0 Å². The summed E-state index contributed by atoms with van der Waals surface area (Å²) < 4.78 is 5.45. The van der Waals surface area contributed by atoms with Gasteiger partial charge in [0.1, 0.15) is 11.9 Å². The minimum absolute atomic E-state index is 0.0424. The second-order valence-corrected chi connectivity index (χ2v) is 5.83. The number of epoxide rings is 1. The number of carbonyl (C=O) groups excluding carboxylic acids is 1. The van der Waals surface area contributed by atoms with Crippen LogP contribution in [0, 0.1) is 5.41 Å².